The van der Waals surface area contributed by atoms with E-state index in [4.69, 9.17) is 10.5 Å². The topological polar surface area (TPSA) is 52.3 Å². The molecule has 0 saturated carbocycles. The third-order valence-corrected chi connectivity index (χ3v) is 2.76. The summed E-state index contributed by atoms with van der Waals surface area (Å²) in [6.45, 7) is 4.86. The number of benzene rings is 1. The molecule has 0 aromatic heterocycles. The van der Waals surface area contributed by atoms with Crippen LogP contribution in [0, 0.1) is 0 Å². The molecule has 94 valence electrons. The molecule has 0 fully saturated rings. The van der Waals surface area contributed by atoms with Crippen LogP contribution in [0.5, 0.6) is 5.75 Å². The van der Waals surface area contributed by atoms with E-state index in [1.165, 1.54) is 6.42 Å². The third-order valence-electron chi connectivity index (χ3n) is 2.76. The SMILES string of the molecule is CCCCCOc1cccc(C(N)=O)c1CC. The zero-order valence-electron chi connectivity index (χ0n) is 10.7. The molecular formula is C14H21NO2. The minimum atomic E-state index is -0.388. The maximum atomic E-state index is 11.3. The molecule has 0 aliphatic rings. The molecule has 1 aromatic rings. The van der Waals surface area contributed by atoms with Gasteiger partial charge in [0.25, 0.3) is 0 Å². The Morgan fingerprint density at radius 3 is 2.65 bits per heavy atom. The number of hydrogen-bond donors (Lipinski definition) is 1. The van der Waals surface area contributed by atoms with Crippen molar-refractivity contribution in [1.82, 2.24) is 0 Å². The Hall–Kier alpha value is -1.51. The molecule has 1 aromatic carbocycles. The fraction of sp³-hybridized carbons (Fsp3) is 0.500. The maximum Gasteiger partial charge on any atom is 0.249 e. The van der Waals surface area contributed by atoms with Crippen LogP contribution in [0.2, 0.25) is 0 Å². The lowest BCUT2D eigenvalue weighted by molar-refractivity contribution is 0.0999. The number of amides is 1. The Balaban J connectivity index is 2.77. The summed E-state index contributed by atoms with van der Waals surface area (Å²) in [4.78, 5) is 11.3. The number of primary amides is 1. The third kappa shape index (κ3) is 3.77. The van der Waals surface area contributed by atoms with E-state index in [1.807, 2.05) is 19.1 Å². The molecule has 0 radical (unpaired) electrons. The maximum absolute atomic E-state index is 11.3. The molecule has 3 heteroatoms. The van der Waals surface area contributed by atoms with Gasteiger partial charge in [-0.3, -0.25) is 4.79 Å². The van der Waals surface area contributed by atoms with Crippen LogP contribution >= 0.6 is 0 Å². The van der Waals surface area contributed by atoms with Gasteiger partial charge in [0, 0.05) is 11.1 Å². The van der Waals surface area contributed by atoms with Crippen molar-refractivity contribution in [2.45, 2.75) is 39.5 Å². The molecule has 0 atom stereocenters. The van der Waals surface area contributed by atoms with Gasteiger partial charge in [0.2, 0.25) is 5.91 Å². The molecular weight excluding hydrogens is 214 g/mol. The van der Waals surface area contributed by atoms with Crippen molar-refractivity contribution >= 4 is 5.91 Å². The van der Waals surface area contributed by atoms with Gasteiger partial charge in [-0.05, 0) is 25.0 Å². The van der Waals surface area contributed by atoms with Gasteiger partial charge in [-0.15, -0.1) is 0 Å². The van der Waals surface area contributed by atoms with E-state index in [2.05, 4.69) is 6.92 Å². The van der Waals surface area contributed by atoms with Crippen LogP contribution in [-0.2, 0) is 6.42 Å². The van der Waals surface area contributed by atoms with Gasteiger partial charge in [0.15, 0.2) is 0 Å². The molecule has 3 nitrogen and oxygen atoms in total. The molecule has 0 spiro atoms. The Morgan fingerprint density at radius 2 is 2.06 bits per heavy atom. The molecule has 0 aliphatic carbocycles. The zero-order chi connectivity index (χ0) is 12.7. The van der Waals surface area contributed by atoms with Crippen LogP contribution in [0.3, 0.4) is 0 Å². The van der Waals surface area contributed by atoms with E-state index in [9.17, 15) is 4.79 Å². The van der Waals surface area contributed by atoms with E-state index < -0.39 is 0 Å². The second-order valence-electron chi connectivity index (χ2n) is 4.06. The van der Waals surface area contributed by atoms with Gasteiger partial charge >= 0.3 is 0 Å². The molecule has 0 unspecified atom stereocenters. The fourth-order valence-electron chi connectivity index (χ4n) is 1.83. The first-order chi connectivity index (χ1) is 8.20. The molecule has 17 heavy (non-hydrogen) atoms. The zero-order valence-corrected chi connectivity index (χ0v) is 10.7. The fourth-order valence-corrected chi connectivity index (χ4v) is 1.83. The Bertz CT molecular complexity index is 374. The summed E-state index contributed by atoms with van der Waals surface area (Å²) in [7, 11) is 0. The summed E-state index contributed by atoms with van der Waals surface area (Å²) in [5, 5.41) is 0. The van der Waals surface area contributed by atoms with Crippen molar-refractivity contribution in [2.24, 2.45) is 5.73 Å². The summed E-state index contributed by atoms with van der Waals surface area (Å²) in [5.74, 6) is 0.403. The largest absolute Gasteiger partial charge is 0.493 e. The predicted molar refractivity (Wildman–Crippen MR) is 69.4 cm³/mol. The number of rotatable bonds is 7. The van der Waals surface area contributed by atoms with Crippen LogP contribution in [0.1, 0.15) is 49.0 Å². The summed E-state index contributed by atoms with van der Waals surface area (Å²) >= 11 is 0. The quantitative estimate of drug-likeness (QED) is 0.739. The molecule has 0 saturated heterocycles. The smallest absolute Gasteiger partial charge is 0.249 e. The van der Waals surface area contributed by atoms with Gasteiger partial charge in [-0.25, -0.2) is 0 Å². The molecule has 0 aliphatic heterocycles. The summed E-state index contributed by atoms with van der Waals surface area (Å²) in [5.41, 5.74) is 6.82. The van der Waals surface area contributed by atoms with Gasteiger partial charge in [0.1, 0.15) is 5.75 Å². The highest BCUT2D eigenvalue weighted by molar-refractivity contribution is 5.95. The average molecular weight is 235 g/mol. The summed E-state index contributed by atoms with van der Waals surface area (Å²) in [6.07, 6.45) is 4.13. The number of carbonyl (C=O) groups excluding carboxylic acids is 1. The van der Waals surface area contributed by atoms with Crippen LogP contribution < -0.4 is 10.5 Å². The van der Waals surface area contributed by atoms with Gasteiger partial charge in [0.05, 0.1) is 6.61 Å². The average Bonchev–Trinajstić information content (AvgIpc) is 2.34. The molecule has 2 N–H and O–H groups in total. The highest BCUT2D eigenvalue weighted by Crippen LogP contribution is 2.23. The van der Waals surface area contributed by atoms with E-state index in [-0.39, 0.29) is 5.91 Å². The molecule has 1 rings (SSSR count). The Kier molecular flexibility index (Phi) is 5.53. The minimum Gasteiger partial charge on any atom is -0.493 e. The standard InChI is InChI=1S/C14H21NO2/c1-3-5-6-10-17-13-9-7-8-12(14(15)16)11(13)4-2/h7-9H,3-6,10H2,1-2H3,(H2,15,16). The second kappa shape index (κ2) is 6.94. The van der Waals surface area contributed by atoms with Crippen LogP contribution in [-0.4, -0.2) is 12.5 Å². The molecule has 0 heterocycles. The number of hydrogen-bond acceptors (Lipinski definition) is 2. The monoisotopic (exact) mass is 235 g/mol. The van der Waals surface area contributed by atoms with E-state index in [1.54, 1.807) is 6.07 Å². The number of unbranched alkanes of at least 4 members (excludes halogenated alkanes) is 2. The van der Waals surface area contributed by atoms with Crippen LogP contribution in [0.4, 0.5) is 0 Å². The lowest BCUT2D eigenvalue weighted by Crippen LogP contribution is -2.14. The number of ether oxygens (including phenoxy) is 1. The summed E-state index contributed by atoms with van der Waals surface area (Å²) in [6, 6.07) is 5.46. The number of nitrogens with two attached hydrogens (primary N) is 1. The Labute approximate surface area is 103 Å². The van der Waals surface area contributed by atoms with Crippen LogP contribution in [0.15, 0.2) is 18.2 Å². The van der Waals surface area contributed by atoms with Gasteiger partial charge < -0.3 is 10.5 Å². The van der Waals surface area contributed by atoms with Crippen molar-refractivity contribution in [1.29, 1.82) is 0 Å². The van der Waals surface area contributed by atoms with E-state index >= 15 is 0 Å². The van der Waals surface area contributed by atoms with Gasteiger partial charge in [-0.2, -0.15) is 0 Å². The van der Waals surface area contributed by atoms with E-state index in [0.29, 0.717) is 12.2 Å². The Morgan fingerprint density at radius 1 is 1.29 bits per heavy atom. The van der Waals surface area contributed by atoms with Crippen molar-refractivity contribution < 1.29 is 9.53 Å². The van der Waals surface area contributed by atoms with Crippen molar-refractivity contribution in [3.05, 3.63) is 29.3 Å². The first-order valence-electron chi connectivity index (χ1n) is 6.25. The van der Waals surface area contributed by atoms with Crippen molar-refractivity contribution in [3.8, 4) is 5.75 Å². The highest BCUT2D eigenvalue weighted by atomic mass is 16.5. The summed E-state index contributed by atoms with van der Waals surface area (Å²) < 4.78 is 5.71. The molecule has 1 amide bonds. The van der Waals surface area contributed by atoms with Crippen LogP contribution in [0.25, 0.3) is 0 Å². The first kappa shape index (κ1) is 13.6. The molecule has 0 bridgehead atoms. The predicted octanol–water partition coefficient (Wildman–Crippen LogP) is 2.92. The first-order valence-corrected chi connectivity index (χ1v) is 6.25. The lowest BCUT2D eigenvalue weighted by atomic mass is 10.0. The van der Waals surface area contributed by atoms with Gasteiger partial charge in [-0.1, -0.05) is 32.8 Å². The normalized spacial score (nSPS) is 10.2. The van der Waals surface area contributed by atoms with Crippen molar-refractivity contribution in [2.75, 3.05) is 6.61 Å². The van der Waals surface area contributed by atoms with Crippen molar-refractivity contribution in [3.63, 3.8) is 0 Å². The highest BCUT2D eigenvalue weighted by Gasteiger charge is 2.11. The van der Waals surface area contributed by atoms with E-state index in [0.717, 1.165) is 30.6 Å². The number of carbonyl (C=O) groups is 1. The minimum absolute atomic E-state index is 0.388. The second-order valence-corrected chi connectivity index (χ2v) is 4.06. The lowest BCUT2D eigenvalue weighted by Gasteiger charge is -2.12.